The van der Waals surface area contributed by atoms with Crippen molar-refractivity contribution in [2.45, 2.75) is 38.9 Å². The Morgan fingerprint density at radius 3 is 2.59 bits per heavy atom. The average Bonchev–Trinajstić information content (AvgIpc) is 2.25. The molecule has 0 spiro atoms. The molecule has 5 nitrogen and oxygen atoms in total. The first-order chi connectivity index (χ1) is 7.87. The summed E-state index contributed by atoms with van der Waals surface area (Å²) < 4.78 is 10.7. The van der Waals surface area contributed by atoms with Gasteiger partial charge < -0.3 is 20.1 Å². The molecule has 0 aromatic rings. The van der Waals surface area contributed by atoms with E-state index in [-0.39, 0.29) is 12.2 Å². The van der Waals surface area contributed by atoms with E-state index in [1.165, 1.54) is 0 Å². The van der Waals surface area contributed by atoms with Crippen LogP contribution in [0.2, 0.25) is 0 Å². The molecule has 1 fully saturated rings. The molecular weight excluding hydrogens is 220 g/mol. The Bertz CT molecular complexity index is 263. The number of ether oxygens (including phenoxy) is 2. The summed E-state index contributed by atoms with van der Waals surface area (Å²) in [6, 6.07) is 0. The number of carbonyl (C=O) groups is 1. The van der Waals surface area contributed by atoms with Crippen molar-refractivity contribution in [3.8, 4) is 0 Å². The lowest BCUT2D eigenvalue weighted by Crippen LogP contribution is -2.50. The number of hydrogen-bond donors (Lipinski definition) is 1. The summed E-state index contributed by atoms with van der Waals surface area (Å²) in [4.78, 5) is 13.6. The number of methoxy groups -OCH3 is 1. The molecular formula is C12H24N2O3. The van der Waals surface area contributed by atoms with Gasteiger partial charge in [-0.25, -0.2) is 4.79 Å². The minimum atomic E-state index is -0.454. The Balaban J connectivity index is 2.54. The Hall–Kier alpha value is -0.810. The number of piperidine rings is 1. The molecule has 1 saturated heterocycles. The lowest BCUT2D eigenvalue weighted by molar-refractivity contribution is -0.0266. The maximum Gasteiger partial charge on any atom is 0.410 e. The molecule has 1 aliphatic heterocycles. The van der Waals surface area contributed by atoms with E-state index in [9.17, 15) is 4.79 Å². The van der Waals surface area contributed by atoms with Crippen LogP contribution in [0.4, 0.5) is 4.79 Å². The van der Waals surface area contributed by atoms with E-state index in [1.54, 1.807) is 12.0 Å². The summed E-state index contributed by atoms with van der Waals surface area (Å²) in [7, 11) is 1.66. The first-order valence-electron chi connectivity index (χ1n) is 6.08. The minimum Gasteiger partial charge on any atom is -0.444 e. The molecule has 2 unspecified atom stereocenters. The van der Waals surface area contributed by atoms with Gasteiger partial charge in [0.1, 0.15) is 5.60 Å². The minimum absolute atomic E-state index is 0.0151. The number of carbonyl (C=O) groups excluding carboxylic acids is 1. The van der Waals surface area contributed by atoms with Crippen LogP contribution in [0.3, 0.4) is 0 Å². The predicted octanol–water partition coefficient (Wildman–Crippen LogP) is 1.22. The molecule has 2 N–H and O–H groups in total. The van der Waals surface area contributed by atoms with Gasteiger partial charge in [0.2, 0.25) is 0 Å². The maximum absolute atomic E-state index is 11.9. The second-order valence-corrected chi connectivity index (χ2v) is 5.48. The van der Waals surface area contributed by atoms with Crippen molar-refractivity contribution in [2.75, 3.05) is 26.7 Å². The summed E-state index contributed by atoms with van der Waals surface area (Å²) >= 11 is 0. The van der Waals surface area contributed by atoms with E-state index < -0.39 is 5.60 Å². The second kappa shape index (κ2) is 5.69. The van der Waals surface area contributed by atoms with Crippen LogP contribution >= 0.6 is 0 Å². The highest BCUT2D eigenvalue weighted by Gasteiger charge is 2.32. The molecule has 1 amide bonds. The molecule has 1 aliphatic rings. The van der Waals surface area contributed by atoms with Crippen molar-refractivity contribution in [1.82, 2.24) is 4.90 Å². The Kier molecular flexibility index (Phi) is 4.77. The molecule has 0 aromatic carbocycles. The highest BCUT2D eigenvalue weighted by atomic mass is 16.6. The number of nitrogens with two attached hydrogens (primary N) is 1. The van der Waals surface area contributed by atoms with Gasteiger partial charge >= 0.3 is 6.09 Å². The van der Waals surface area contributed by atoms with Gasteiger partial charge in [0, 0.05) is 19.6 Å². The molecule has 100 valence electrons. The summed E-state index contributed by atoms with van der Waals surface area (Å²) in [5.74, 6) is 0.332. The summed E-state index contributed by atoms with van der Waals surface area (Å²) in [6.07, 6.45) is 0.616. The molecule has 0 saturated carbocycles. The van der Waals surface area contributed by atoms with Gasteiger partial charge in [0.05, 0.1) is 12.6 Å². The van der Waals surface area contributed by atoms with Crippen LogP contribution in [0.25, 0.3) is 0 Å². The molecule has 0 bridgehead atoms. The maximum atomic E-state index is 11.9. The molecule has 17 heavy (non-hydrogen) atoms. The number of hydrogen-bond acceptors (Lipinski definition) is 4. The van der Waals surface area contributed by atoms with E-state index in [4.69, 9.17) is 15.2 Å². The van der Waals surface area contributed by atoms with E-state index in [0.717, 1.165) is 6.42 Å². The van der Waals surface area contributed by atoms with Gasteiger partial charge in [-0.2, -0.15) is 0 Å². The van der Waals surface area contributed by atoms with Crippen molar-refractivity contribution in [2.24, 2.45) is 11.7 Å². The third kappa shape index (κ3) is 4.16. The van der Waals surface area contributed by atoms with Crippen LogP contribution in [0.5, 0.6) is 0 Å². The molecule has 1 heterocycles. The molecule has 0 radical (unpaired) electrons. The van der Waals surface area contributed by atoms with Crippen LogP contribution in [-0.4, -0.2) is 49.4 Å². The third-order valence-electron chi connectivity index (χ3n) is 2.95. The molecule has 5 heteroatoms. The van der Waals surface area contributed by atoms with Crippen LogP contribution in [0.15, 0.2) is 0 Å². The number of likely N-dealkylation sites (tertiary alicyclic amines) is 1. The van der Waals surface area contributed by atoms with Gasteiger partial charge in [-0.3, -0.25) is 0 Å². The van der Waals surface area contributed by atoms with Crippen molar-refractivity contribution in [3.05, 3.63) is 0 Å². The van der Waals surface area contributed by atoms with Gasteiger partial charge in [0.15, 0.2) is 0 Å². The standard InChI is InChI=1S/C12H24N2O3/c1-12(2,3)17-11(15)14-6-5-9(7-13)10(8-14)16-4/h9-10H,5-8,13H2,1-4H3. The molecule has 0 aliphatic carbocycles. The number of nitrogens with zero attached hydrogens (tertiary/aromatic N) is 1. The van der Waals surface area contributed by atoms with Crippen molar-refractivity contribution in [3.63, 3.8) is 0 Å². The fraction of sp³-hybridized carbons (Fsp3) is 0.917. The van der Waals surface area contributed by atoms with Crippen LogP contribution < -0.4 is 5.73 Å². The normalized spacial score (nSPS) is 25.8. The number of rotatable bonds is 2. The Morgan fingerprint density at radius 2 is 2.12 bits per heavy atom. The zero-order valence-electron chi connectivity index (χ0n) is 11.2. The quantitative estimate of drug-likeness (QED) is 0.793. The third-order valence-corrected chi connectivity index (χ3v) is 2.95. The van der Waals surface area contributed by atoms with Crippen LogP contribution in [-0.2, 0) is 9.47 Å². The number of amides is 1. The van der Waals surface area contributed by atoms with Gasteiger partial charge in [-0.15, -0.1) is 0 Å². The lowest BCUT2D eigenvalue weighted by Gasteiger charge is -2.37. The topological polar surface area (TPSA) is 64.8 Å². The first-order valence-corrected chi connectivity index (χ1v) is 6.08. The van der Waals surface area contributed by atoms with Gasteiger partial charge in [-0.1, -0.05) is 0 Å². The second-order valence-electron chi connectivity index (χ2n) is 5.48. The molecule has 2 atom stereocenters. The highest BCUT2D eigenvalue weighted by Crippen LogP contribution is 2.21. The monoisotopic (exact) mass is 244 g/mol. The lowest BCUT2D eigenvalue weighted by atomic mass is 9.94. The van der Waals surface area contributed by atoms with E-state index >= 15 is 0 Å². The van der Waals surface area contributed by atoms with Crippen molar-refractivity contribution in [1.29, 1.82) is 0 Å². The van der Waals surface area contributed by atoms with E-state index in [2.05, 4.69) is 0 Å². The first kappa shape index (κ1) is 14.3. The summed E-state index contributed by atoms with van der Waals surface area (Å²) in [6.45, 7) is 7.45. The molecule has 1 rings (SSSR count). The van der Waals surface area contributed by atoms with Crippen LogP contribution in [0, 0.1) is 5.92 Å². The Morgan fingerprint density at radius 1 is 1.47 bits per heavy atom. The summed E-state index contributed by atoms with van der Waals surface area (Å²) in [5, 5.41) is 0. The van der Waals surface area contributed by atoms with Crippen molar-refractivity contribution < 1.29 is 14.3 Å². The largest absolute Gasteiger partial charge is 0.444 e. The van der Waals surface area contributed by atoms with Gasteiger partial charge in [0.25, 0.3) is 0 Å². The SMILES string of the molecule is COC1CN(C(=O)OC(C)(C)C)CCC1CN. The summed E-state index contributed by atoms with van der Waals surface area (Å²) in [5.41, 5.74) is 5.22. The fourth-order valence-electron chi connectivity index (χ4n) is 1.99. The average molecular weight is 244 g/mol. The fourth-order valence-corrected chi connectivity index (χ4v) is 1.99. The van der Waals surface area contributed by atoms with Crippen LogP contribution in [0.1, 0.15) is 27.2 Å². The van der Waals surface area contributed by atoms with Crippen molar-refractivity contribution >= 4 is 6.09 Å². The van der Waals surface area contributed by atoms with Gasteiger partial charge in [-0.05, 0) is 33.7 Å². The predicted molar refractivity (Wildman–Crippen MR) is 65.8 cm³/mol. The van der Waals surface area contributed by atoms with E-state index in [0.29, 0.717) is 25.6 Å². The van der Waals surface area contributed by atoms with E-state index in [1.807, 2.05) is 20.8 Å². The zero-order chi connectivity index (χ0) is 13.1. The smallest absolute Gasteiger partial charge is 0.410 e. The highest BCUT2D eigenvalue weighted by molar-refractivity contribution is 5.68. The zero-order valence-corrected chi connectivity index (χ0v) is 11.2. The molecule has 0 aromatic heterocycles. The Labute approximate surface area is 103 Å².